The lowest BCUT2D eigenvalue weighted by molar-refractivity contribution is -0.156. The second kappa shape index (κ2) is 16.9. The van der Waals surface area contributed by atoms with E-state index in [2.05, 4.69) is 22.2 Å². The monoisotopic (exact) mass is 579 g/mol. The van der Waals surface area contributed by atoms with E-state index in [-0.39, 0.29) is 30.4 Å². The van der Waals surface area contributed by atoms with Crippen molar-refractivity contribution in [2.45, 2.75) is 26.2 Å². The second-order valence-electron chi connectivity index (χ2n) is 8.86. The van der Waals surface area contributed by atoms with Crippen molar-refractivity contribution >= 4 is 29.5 Å². The van der Waals surface area contributed by atoms with Gasteiger partial charge in [-0.3, -0.25) is 4.79 Å². The Morgan fingerprint density at radius 3 is 2.14 bits per heavy atom. The van der Waals surface area contributed by atoms with Gasteiger partial charge in [-0.25, -0.2) is 14.4 Å². The number of amides is 1. The zero-order chi connectivity index (χ0) is 30.2. The molecule has 1 amide bonds. The van der Waals surface area contributed by atoms with E-state index in [1.165, 1.54) is 23.8 Å². The minimum atomic E-state index is -1.31. The lowest BCUT2D eigenvalue weighted by Crippen LogP contribution is -2.20. The molecule has 0 spiro atoms. The van der Waals surface area contributed by atoms with Crippen LogP contribution in [0, 0.1) is 0 Å². The van der Waals surface area contributed by atoms with Crippen molar-refractivity contribution in [3.8, 4) is 17.2 Å². The topological polar surface area (TPSA) is 147 Å². The Labute approximate surface area is 243 Å². The van der Waals surface area contributed by atoms with Gasteiger partial charge < -0.3 is 34.1 Å². The van der Waals surface area contributed by atoms with Crippen molar-refractivity contribution in [3.05, 3.63) is 83.9 Å². The van der Waals surface area contributed by atoms with Gasteiger partial charge >= 0.3 is 17.9 Å². The molecule has 0 saturated carbocycles. The van der Waals surface area contributed by atoms with Crippen molar-refractivity contribution in [1.29, 1.82) is 0 Å². The van der Waals surface area contributed by atoms with Crippen molar-refractivity contribution in [2.75, 3.05) is 38.4 Å². The van der Waals surface area contributed by atoms with Gasteiger partial charge in [0.1, 0.15) is 17.2 Å². The van der Waals surface area contributed by atoms with E-state index < -0.39 is 37.0 Å². The number of ether oxygens (including phenoxy) is 5. The molecule has 0 heterocycles. The van der Waals surface area contributed by atoms with Gasteiger partial charge in [-0.1, -0.05) is 30.3 Å². The largest absolute Gasteiger partial charge is 0.494 e. The number of unbranched alkanes of at least 4 members (excludes halogenated alkanes) is 1. The fraction of sp³-hybridized carbons (Fsp3) is 0.290. The molecular formula is C31H33NO10. The first-order valence-corrected chi connectivity index (χ1v) is 13.3. The van der Waals surface area contributed by atoms with Crippen LogP contribution < -0.4 is 19.5 Å². The van der Waals surface area contributed by atoms with Crippen LogP contribution in [0.3, 0.4) is 0 Å². The molecule has 0 fully saturated rings. The Bertz CT molecular complexity index is 1330. The molecule has 0 radical (unpaired) electrons. The Morgan fingerprint density at radius 1 is 0.738 bits per heavy atom. The Hall–Kier alpha value is -5.06. The summed E-state index contributed by atoms with van der Waals surface area (Å²) in [7, 11) is 0. The number of carbonyl (C=O) groups is 4. The molecule has 11 heteroatoms. The van der Waals surface area contributed by atoms with Crippen LogP contribution in [0.4, 0.5) is 5.69 Å². The molecule has 11 nitrogen and oxygen atoms in total. The fourth-order valence-electron chi connectivity index (χ4n) is 3.65. The normalized spacial score (nSPS) is 10.3. The molecule has 0 aliphatic carbocycles. The van der Waals surface area contributed by atoms with Gasteiger partial charge in [0.25, 0.3) is 5.91 Å². The van der Waals surface area contributed by atoms with E-state index in [0.717, 1.165) is 19.3 Å². The van der Waals surface area contributed by atoms with Crippen LogP contribution in [0.25, 0.3) is 0 Å². The minimum absolute atomic E-state index is 0.0922. The smallest absolute Gasteiger partial charge is 0.344 e. The average Bonchev–Trinajstić information content (AvgIpc) is 2.99. The molecule has 0 aromatic heterocycles. The van der Waals surface area contributed by atoms with Gasteiger partial charge in [-0.05, 0) is 68.1 Å². The van der Waals surface area contributed by atoms with Gasteiger partial charge in [0.2, 0.25) is 0 Å². The maximum Gasteiger partial charge on any atom is 0.344 e. The zero-order valence-corrected chi connectivity index (χ0v) is 23.2. The Balaban J connectivity index is 1.59. The Morgan fingerprint density at radius 2 is 1.43 bits per heavy atom. The molecule has 0 aliphatic rings. The predicted octanol–water partition coefficient (Wildman–Crippen LogP) is 4.29. The maximum atomic E-state index is 13.0. The lowest BCUT2D eigenvalue weighted by Gasteiger charge is -2.14. The first kappa shape index (κ1) is 31.5. The summed E-state index contributed by atoms with van der Waals surface area (Å²) in [4.78, 5) is 47.1. The van der Waals surface area contributed by atoms with Crippen LogP contribution in [0.1, 0.15) is 35.7 Å². The molecule has 3 aromatic carbocycles. The first-order chi connectivity index (χ1) is 20.3. The van der Waals surface area contributed by atoms with Crippen LogP contribution in [-0.2, 0) is 30.3 Å². The highest BCUT2D eigenvalue weighted by Gasteiger charge is 2.15. The van der Waals surface area contributed by atoms with Crippen LogP contribution in [0.5, 0.6) is 17.2 Å². The number of aryl methyl sites for hydroxylation is 1. The maximum absolute atomic E-state index is 13.0. The number of rotatable bonds is 17. The number of hydrogen-bond acceptors (Lipinski definition) is 9. The van der Waals surface area contributed by atoms with E-state index in [1.54, 1.807) is 31.2 Å². The van der Waals surface area contributed by atoms with Gasteiger partial charge in [0.05, 0.1) is 18.9 Å². The van der Waals surface area contributed by atoms with Crippen LogP contribution in [0.2, 0.25) is 0 Å². The van der Waals surface area contributed by atoms with Crippen molar-refractivity contribution in [1.82, 2.24) is 0 Å². The number of hydrogen-bond donors (Lipinski definition) is 2. The summed E-state index contributed by atoms with van der Waals surface area (Å²) in [5.41, 5.74) is 1.76. The minimum Gasteiger partial charge on any atom is -0.494 e. The number of nitrogens with one attached hydrogen (secondary N) is 1. The summed E-state index contributed by atoms with van der Waals surface area (Å²) in [6.45, 7) is 0.664. The van der Waals surface area contributed by atoms with E-state index in [9.17, 15) is 19.2 Å². The lowest BCUT2D eigenvalue weighted by atomic mass is 10.1. The first-order valence-electron chi connectivity index (χ1n) is 13.3. The zero-order valence-electron chi connectivity index (χ0n) is 23.2. The molecule has 2 N–H and O–H groups in total. The third kappa shape index (κ3) is 11.2. The summed E-state index contributed by atoms with van der Waals surface area (Å²) in [6, 6.07) is 21.2. The summed E-state index contributed by atoms with van der Waals surface area (Å²) < 4.78 is 26.1. The van der Waals surface area contributed by atoms with Crippen LogP contribution in [0.15, 0.2) is 72.8 Å². The summed E-state index contributed by atoms with van der Waals surface area (Å²) in [5, 5.41) is 11.4. The second-order valence-corrected chi connectivity index (χ2v) is 8.86. The van der Waals surface area contributed by atoms with Gasteiger partial charge in [-0.2, -0.15) is 0 Å². The third-order valence-corrected chi connectivity index (χ3v) is 5.65. The van der Waals surface area contributed by atoms with Crippen molar-refractivity contribution in [3.63, 3.8) is 0 Å². The molecule has 222 valence electrons. The standard InChI is InChI=1S/C31H33NO10/c1-2-38-29(35)20-40-25-15-16-27(41-21-30(36)42-19-28(33)34)26(18-25)32-31(37)23-11-13-24(14-12-23)39-17-7-6-10-22-8-4-3-5-9-22/h3-5,8-9,11-16,18H,2,6-7,10,17,19-21H2,1H3,(H,32,37)(H,33,34). The molecule has 0 saturated heterocycles. The molecule has 0 unspecified atom stereocenters. The number of benzene rings is 3. The van der Waals surface area contributed by atoms with E-state index in [1.807, 2.05) is 18.2 Å². The molecule has 0 aliphatic heterocycles. The molecular weight excluding hydrogens is 546 g/mol. The van der Waals surface area contributed by atoms with E-state index in [0.29, 0.717) is 17.9 Å². The van der Waals surface area contributed by atoms with E-state index in [4.69, 9.17) is 24.1 Å². The number of carboxylic acid groups (broad SMARTS) is 1. The van der Waals surface area contributed by atoms with Gasteiger partial charge in [-0.15, -0.1) is 0 Å². The highest BCUT2D eigenvalue weighted by atomic mass is 16.6. The van der Waals surface area contributed by atoms with Crippen LogP contribution >= 0.6 is 0 Å². The summed E-state index contributed by atoms with van der Waals surface area (Å²) >= 11 is 0. The van der Waals surface area contributed by atoms with Crippen LogP contribution in [-0.4, -0.2) is 62.0 Å². The van der Waals surface area contributed by atoms with Crippen molar-refractivity contribution in [2.24, 2.45) is 0 Å². The number of aliphatic carboxylic acids is 1. The molecule has 42 heavy (non-hydrogen) atoms. The fourth-order valence-corrected chi connectivity index (χ4v) is 3.65. The number of anilines is 1. The number of carbonyl (C=O) groups excluding carboxylic acids is 3. The SMILES string of the molecule is CCOC(=O)COc1ccc(OCC(=O)OCC(=O)O)c(NC(=O)c2ccc(OCCCCc3ccccc3)cc2)c1. The quantitative estimate of drug-likeness (QED) is 0.175. The number of carboxylic acids is 1. The summed E-state index contributed by atoms with van der Waals surface area (Å²) in [6.07, 6.45) is 2.86. The molecule has 3 aromatic rings. The molecule has 3 rings (SSSR count). The van der Waals surface area contributed by atoms with E-state index >= 15 is 0 Å². The van der Waals surface area contributed by atoms with Gasteiger partial charge in [0.15, 0.2) is 19.8 Å². The molecule has 0 atom stereocenters. The highest BCUT2D eigenvalue weighted by molar-refractivity contribution is 6.05. The van der Waals surface area contributed by atoms with Crippen molar-refractivity contribution < 1.29 is 48.0 Å². The predicted molar refractivity (Wildman–Crippen MR) is 152 cm³/mol. The third-order valence-electron chi connectivity index (χ3n) is 5.65. The van der Waals surface area contributed by atoms with Gasteiger partial charge in [0, 0.05) is 11.6 Å². The summed E-state index contributed by atoms with van der Waals surface area (Å²) in [5.74, 6) is -2.31. The molecule has 0 bridgehead atoms. The Kier molecular flexibility index (Phi) is 12.7. The highest BCUT2D eigenvalue weighted by Crippen LogP contribution is 2.30. The average molecular weight is 580 g/mol. The number of esters is 2.